The van der Waals surface area contributed by atoms with Crippen molar-refractivity contribution in [3.63, 3.8) is 0 Å². The molecule has 1 rings (SSSR count). The molecule has 0 fully saturated rings. The molecule has 1 aromatic carbocycles. The Morgan fingerprint density at radius 1 is 1.33 bits per heavy atom. The SMILES string of the molecule is CCN(C)C[C@H](C)c1ccc(C=O)cc1. The van der Waals surface area contributed by atoms with Gasteiger partial charge in [-0.1, -0.05) is 38.1 Å². The first kappa shape index (κ1) is 11.9. The Bertz CT molecular complexity index is 305. The van der Waals surface area contributed by atoms with E-state index in [4.69, 9.17) is 0 Å². The maximum absolute atomic E-state index is 10.5. The van der Waals surface area contributed by atoms with Crippen LogP contribution in [-0.4, -0.2) is 31.3 Å². The fourth-order valence-corrected chi connectivity index (χ4v) is 1.61. The molecule has 0 saturated heterocycles. The van der Waals surface area contributed by atoms with Gasteiger partial charge in [0.2, 0.25) is 0 Å². The zero-order valence-electron chi connectivity index (χ0n) is 9.73. The molecule has 0 aliphatic rings. The van der Waals surface area contributed by atoms with E-state index in [9.17, 15) is 4.79 Å². The van der Waals surface area contributed by atoms with Crippen LogP contribution < -0.4 is 0 Å². The number of carbonyl (C=O) groups excluding carboxylic acids is 1. The smallest absolute Gasteiger partial charge is 0.150 e. The number of nitrogens with zero attached hydrogens (tertiary/aromatic N) is 1. The van der Waals surface area contributed by atoms with Gasteiger partial charge < -0.3 is 4.90 Å². The lowest BCUT2D eigenvalue weighted by atomic mass is 9.99. The van der Waals surface area contributed by atoms with Crippen molar-refractivity contribution < 1.29 is 4.79 Å². The minimum atomic E-state index is 0.510. The largest absolute Gasteiger partial charge is 0.306 e. The number of benzene rings is 1. The van der Waals surface area contributed by atoms with Crippen LogP contribution >= 0.6 is 0 Å². The minimum Gasteiger partial charge on any atom is -0.306 e. The van der Waals surface area contributed by atoms with Crippen LogP contribution in [0, 0.1) is 0 Å². The van der Waals surface area contributed by atoms with Crippen molar-refractivity contribution in [2.45, 2.75) is 19.8 Å². The van der Waals surface area contributed by atoms with Gasteiger partial charge in [-0.25, -0.2) is 0 Å². The molecule has 15 heavy (non-hydrogen) atoms. The Labute approximate surface area is 91.9 Å². The molecular formula is C13H19NO. The lowest BCUT2D eigenvalue weighted by Gasteiger charge is -2.19. The zero-order valence-corrected chi connectivity index (χ0v) is 9.73. The summed E-state index contributed by atoms with van der Waals surface area (Å²) < 4.78 is 0. The minimum absolute atomic E-state index is 0.510. The molecule has 0 saturated carbocycles. The van der Waals surface area contributed by atoms with Crippen molar-refractivity contribution in [2.24, 2.45) is 0 Å². The van der Waals surface area contributed by atoms with E-state index in [1.807, 2.05) is 24.3 Å². The maximum atomic E-state index is 10.5. The first-order valence-corrected chi connectivity index (χ1v) is 5.41. The first-order chi connectivity index (χ1) is 7.17. The van der Waals surface area contributed by atoms with Crippen LogP contribution in [0.4, 0.5) is 0 Å². The second kappa shape index (κ2) is 5.66. The van der Waals surface area contributed by atoms with E-state index in [1.165, 1.54) is 5.56 Å². The number of hydrogen-bond acceptors (Lipinski definition) is 2. The van der Waals surface area contributed by atoms with Crippen LogP contribution in [0.1, 0.15) is 35.7 Å². The molecule has 2 nitrogen and oxygen atoms in total. The number of rotatable bonds is 5. The third kappa shape index (κ3) is 3.48. The summed E-state index contributed by atoms with van der Waals surface area (Å²) in [6, 6.07) is 7.84. The van der Waals surface area contributed by atoms with E-state index < -0.39 is 0 Å². The van der Waals surface area contributed by atoms with Gasteiger partial charge in [0.15, 0.2) is 0 Å². The number of likely N-dealkylation sites (N-methyl/N-ethyl adjacent to an activating group) is 1. The van der Waals surface area contributed by atoms with Gasteiger partial charge in [0.1, 0.15) is 6.29 Å². The third-order valence-corrected chi connectivity index (χ3v) is 2.77. The molecule has 0 radical (unpaired) electrons. The molecule has 82 valence electrons. The molecular weight excluding hydrogens is 186 g/mol. The van der Waals surface area contributed by atoms with E-state index in [0.29, 0.717) is 5.92 Å². The topological polar surface area (TPSA) is 20.3 Å². The molecule has 0 aliphatic heterocycles. The molecule has 2 heteroatoms. The van der Waals surface area contributed by atoms with Crippen LogP contribution in [0.2, 0.25) is 0 Å². The maximum Gasteiger partial charge on any atom is 0.150 e. The molecule has 0 aliphatic carbocycles. The van der Waals surface area contributed by atoms with Crippen LogP contribution in [0.3, 0.4) is 0 Å². The second-order valence-electron chi connectivity index (χ2n) is 4.04. The summed E-state index contributed by atoms with van der Waals surface area (Å²) in [5.41, 5.74) is 2.04. The highest BCUT2D eigenvalue weighted by molar-refractivity contribution is 5.74. The van der Waals surface area contributed by atoms with Crippen LogP contribution in [0.5, 0.6) is 0 Å². The van der Waals surface area contributed by atoms with Gasteiger partial charge in [0, 0.05) is 12.1 Å². The highest BCUT2D eigenvalue weighted by atomic mass is 16.1. The molecule has 0 aromatic heterocycles. The standard InChI is InChI=1S/C13H19NO/c1-4-14(3)9-11(2)13-7-5-12(10-15)6-8-13/h5-8,10-11H,4,9H2,1-3H3/t11-/m0/s1. The first-order valence-electron chi connectivity index (χ1n) is 5.41. The Morgan fingerprint density at radius 3 is 2.40 bits per heavy atom. The molecule has 0 amide bonds. The van der Waals surface area contributed by atoms with E-state index in [1.54, 1.807) is 0 Å². The van der Waals surface area contributed by atoms with Gasteiger partial charge in [-0.15, -0.1) is 0 Å². The van der Waals surface area contributed by atoms with E-state index in [2.05, 4.69) is 25.8 Å². The quantitative estimate of drug-likeness (QED) is 0.688. The summed E-state index contributed by atoms with van der Waals surface area (Å²) in [6.45, 7) is 6.48. The normalized spacial score (nSPS) is 12.8. The van der Waals surface area contributed by atoms with E-state index in [0.717, 1.165) is 24.9 Å². The third-order valence-electron chi connectivity index (χ3n) is 2.77. The van der Waals surface area contributed by atoms with Crippen LogP contribution in [-0.2, 0) is 0 Å². The van der Waals surface area contributed by atoms with Crippen molar-refractivity contribution >= 4 is 6.29 Å². The average molecular weight is 205 g/mol. The summed E-state index contributed by atoms with van der Waals surface area (Å²) >= 11 is 0. The lowest BCUT2D eigenvalue weighted by Crippen LogP contribution is -2.22. The molecule has 1 atom stereocenters. The predicted molar refractivity (Wildman–Crippen MR) is 63.4 cm³/mol. The average Bonchev–Trinajstić information content (AvgIpc) is 2.29. The number of aldehydes is 1. The van der Waals surface area contributed by atoms with E-state index >= 15 is 0 Å². The van der Waals surface area contributed by atoms with Crippen molar-refractivity contribution in [2.75, 3.05) is 20.1 Å². The predicted octanol–water partition coefficient (Wildman–Crippen LogP) is 2.55. The van der Waals surface area contributed by atoms with Gasteiger partial charge in [0.05, 0.1) is 0 Å². The number of carbonyl (C=O) groups is 1. The van der Waals surface area contributed by atoms with Crippen molar-refractivity contribution in [3.05, 3.63) is 35.4 Å². The molecule has 0 bridgehead atoms. The van der Waals surface area contributed by atoms with Crippen molar-refractivity contribution in [1.29, 1.82) is 0 Å². The van der Waals surface area contributed by atoms with Crippen molar-refractivity contribution in [1.82, 2.24) is 4.90 Å². The summed E-state index contributed by atoms with van der Waals surface area (Å²) in [7, 11) is 2.12. The van der Waals surface area contributed by atoms with Crippen molar-refractivity contribution in [3.8, 4) is 0 Å². The Kier molecular flexibility index (Phi) is 4.50. The molecule has 0 unspecified atom stereocenters. The fourth-order valence-electron chi connectivity index (χ4n) is 1.61. The van der Waals surface area contributed by atoms with Crippen LogP contribution in [0.15, 0.2) is 24.3 Å². The summed E-state index contributed by atoms with van der Waals surface area (Å²) in [5, 5.41) is 0. The second-order valence-corrected chi connectivity index (χ2v) is 4.04. The fraction of sp³-hybridized carbons (Fsp3) is 0.462. The number of hydrogen-bond donors (Lipinski definition) is 0. The Morgan fingerprint density at radius 2 is 1.93 bits per heavy atom. The molecule has 0 N–H and O–H groups in total. The Balaban J connectivity index is 2.65. The summed E-state index contributed by atoms with van der Waals surface area (Å²) in [6.07, 6.45) is 0.882. The monoisotopic (exact) mass is 205 g/mol. The van der Waals surface area contributed by atoms with Gasteiger partial charge in [0.25, 0.3) is 0 Å². The summed E-state index contributed by atoms with van der Waals surface area (Å²) in [5.74, 6) is 0.510. The Hall–Kier alpha value is -1.15. The highest BCUT2D eigenvalue weighted by Crippen LogP contribution is 2.16. The molecule has 0 heterocycles. The van der Waals surface area contributed by atoms with Crippen LogP contribution in [0.25, 0.3) is 0 Å². The van der Waals surface area contributed by atoms with E-state index in [-0.39, 0.29) is 0 Å². The summed E-state index contributed by atoms with van der Waals surface area (Å²) in [4.78, 5) is 12.8. The van der Waals surface area contributed by atoms with Gasteiger partial charge in [-0.05, 0) is 25.1 Å². The molecule has 1 aromatic rings. The van der Waals surface area contributed by atoms with Gasteiger partial charge in [-0.2, -0.15) is 0 Å². The van der Waals surface area contributed by atoms with Gasteiger partial charge in [-0.3, -0.25) is 4.79 Å². The lowest BCUT2D eigenvalue weighted by molar-refractivity contribution is 0.112. The zero-order chi connectivity index (χ0) is 11.3. The highest BCUT2D eigenvalue weighted by Gasteiger charge is 2.07. The molecule has 0 spiro atoms. The van der Waals surface area contributed by atoms with Gasteiger partial charge >= 0.3 is 0 Å².